The summed E-state index contributed by atoms with van der Waals surface area (Å²) >= 11 is 0. The van der Waals surface area contributed by atoms with Gasteiger partial charge in [0.05, 0.1) is 12.8 Å². The Kier molecular flexibility index (Phi) is 6.87. The van der Waals surface area contributed by atoms with Gasteiger partial charge in [-0.25, -0.2) is 18.4 Å². The lowest BCUT2D eigenvalue weighted by Crippen LogP contribution is -2.24. The Morgan fingerprint density at radius 1 is 1.40 bits per heavy atom. The second-order valence-corrected chi connectivity index (χ2v) is 7.02. The van der Waals surface area contributed by atoms with Crippen LogP contribution in [0.15, 0.2) is 12.4 Å². The topological polar surface area (TPSA) is 81.2 Å². The molecule has 1 N–H and O–H groups in total. The van der Waals surface area contributed by atoms with E-state index in [2.05, 4.69) is 22.2 Å². The maximum atomic E-state index is 11.2. The Morgan fingerprint density at radius 3 is 2.75 bits per heavy atom. The molecule has 0 saturated heterocycles. The third kappa shape index (κ3) is 6.29. The van der Waals surface area contributed by atoms with Gasteiger partial charge in [-0.3, -0.25) is 0 Å². The molecule has 0 bridgehead atoms. The minimum absolute atomic E-state index is 0.0219. The van der Waals surface area contributed by atoms with Gasteiger partial charge in [0.25, 0.3) is 0 Å². The molecule has 1 atom stereocenters. The number of hydrogen-bond donors (Lipinski definition) is 1. The predicted molar refractivity (Wildman–Crippen MR) is 78.6 cm³/mol. The van der Waals surface area contributed by atoms with Crippen LogP contribution in [0.3, 0.4) is 0 Å². The fraction of sp³-hybridized carbons (Fsp3) is 0.692. The number of ether oxygens (including phenoxy) is 1. The van der Waals surface area contributed by atoms with Crippen molar-refractivity contribution in [3.8, 4) is 5.88 Å². The summed E-state index contributed by atoms with van der Waals surface area (Å²) in [6.07, 6.45) is 5.05. The Balaban J connectivity index is 2.71. The lowest BCUT2D eigenvalue weighted by Gasteiger charge is -2.18. The molecule has 1 aromatic heterocycles. The molecule has 0 radical (unpaired) electrons. The second kappa shape index (κ2) is 8.16. The van der Waals surface area contributed by atoms with Gasteiger partial charge in [0, 0.05) is 24.1 Å². The number of nitrogens with one attached hydrogen (secondary N) is 1. The summed E-state index contributed by atoms with van der Waals surface area (Å²) in [5.41, 5.74) is 0.832. The summed E-state index contributed by atoms with van der Waals surface area (Å²) in [7, 11) is -1.36. The highest BCUT2D eigenvalue weighted by Crippen LogP contribution is 2.19. The largest absolute Gasteiger partial charge is 0.481 e. The van der Waals surface area contributed by atoms with Crippen LogP contribution in [0.25, 0.3) is 0 Å². The molecule has 114 valence electrons. The van der Waals surface area contributed by atoms with Gasteiger partial charge < -0.3 is 10.1 Å². The van der Waals surface area contributed by atoms with Crippen molar-refractivity contribution in [3.05, 3.63) is 18.1 Å². The molecule has 0 aromatic carbocycles. The van der Waals surface area contributed by atoms with E-state index >= 15 is 0 Å². The normalized spacial score (nSPS) is 13.2. The van der Waals surface area contributed by atoms with Crippen LogP contribution in [0.2, 0.25) is 0 Å². The quantitative estimate of drug-likeness (QED) is 0.741. The van der Waals surface area contributed by atoms with Crippen LogP contribution in [0.5, 0.6) is 5.88 Å². The van der Waals surface area contributed by atoms with Crippen molar-refractivity contribution in [2.45, 2.75) is 32.2 Å². The first-order valence-corrected chi connectivity index (χ1v) is 8.79. The molecule has 6 nitrogen and oxygen atoms in total. The molecule has 1 aromatic rings. The fourth-order valence-electron chi connectivity index (χ4n) is 1.88. The lowest BCUT2D eigenvalue weighted by molar-refractivity contribution is 0.392. The maximum Gasteiger partial charge on any atom is 0.216 e. The van der Waals surface area contributed by atoms with Crippen molar-refractivity contribution in [1.29, 1.82) is 0 Å². The second-order valence-electron chi connectivity index (χ2n) is 4.76. The Bertz CT molecular complexity index is 505. The lowest BCUT2D eigenvalue weighted by atomic mass is 10.1. The first-order chi connectivity index (χ1) is 9.46. The molecular formula is C13H23N3O3S. The number of rotatable bonds is 9. The molecule has 0 aliphatic heterocycles. The van der Waals surface area contributed by atoms with E-state index in [0.29, 0.717) is 18.7 Å². The zero-order chi connectivity index (χ0) is 15.0. The Labute approximate surface area is 120 Å². The summed E-state index contributed by atoms with van der Waals surface area (Å²) < 4.78 is 27.5. The van der Waals surface area contributed by atoms with Crippen molar-refractivity contribution >= 4 is 9.84 Å². The van der Waals surface area contributed by atoms with E-state index in [4.69, 9.17) is 4.74 Å². The highest BCUT2D eigenvalue weighted by atomic mass is 32.2. The first-order valence-electron chi connectivity index (χ1n) is 6.73. The summed E-state index contributed by atoms with van der Waals surface area (Å²) in [5, 5.41) is 3.38. The number of methoxy groups -OCH3 is 1. The smallest absolute Gasteiger partial charge is 0.216 e. The van der Waals surface area contributed by atoms with E-state index < -0.39 is 9.84 Å². The Hall–Kier alpha value is -1.21. The first kappa shape index (κ1) is 16.8. The SMILES string of the molecule is CCCNC(CCCS(C)(=O)=O)c1cc(OC)ncn1. The van der Waals surface area contributed by atoms with Gasteiger partial charge >= 0.3 is 0 Å². The average molecular weight is 301 g/mol. The number of hydrogen-bond acceptors (Lipinski definition) is 6. The molecule has 0 spiro atoms. The average Bonchev–Trinajstić information content (AvgIpc) is 2.41. The predicted octanol–water partition coefficient (Wildman–Crippen LogP) is 1.35. The molecule has 1 heterocycles. The van der Waals surface area contributed by atoms with Crippen molar-refractivity contribution in [2.24, 2.45) is 0 Å². The summed E-state index contributed by atoms with van der Waals surface area (Å²) in [6, 6.07) is 1.81. The molecule has 0 fully saturated rings. The summed E-state index contributed by atoms with van der Waals surface area (Å²) in [6.45, 7) is 2.94. The molecule has 7 heteroatoms. The van der Waals surface area contributed by atoms with Crippen molar-refractivity contribution < 1.29 is 13.2 Å². The third-order valence-electron chi connectivity index (χ3n) is 2.88. The third-order valence-corrected chi connectivity index (χ3v) is 3.91. The van der Waals surface area contributed by atoms with Crippen molar-refractivity contribution in [3.63, 3.8) is 0 Å². The number of nitrogens with zero attached hydrogens (tertiary/aromatic N) is 2. The van der Waals surface area contributed by atoms with Gasteiger partial charge in [0.2, 0.25) is 5.88 Å². The molecule has 1 unspecified atom stereocenters. The highest BCUT2D eigenvalue weighted by molar-refractivity contribution is 7.90. The van der Waals surface area contributed by atoms with E-state index in [0.717, 1.165) is 18.7 Å². The van der Waals surface area contributed by atoms with Crippen LogP contribution >= 0.6 is 0 Å². The van der Waals surface area contributed by atoms with Gasteiger partial charge in [0.1, 0.15) is 16.2 Å². The minimum atomic E-state index is -2.92. The van der Waals surface area contributed by atoms with Crippen LogP contribution < -0.4 is 10.1 Å². The van der Waals surface area contributed by atoms with E-state index in [-0.39, 0.29) is 11.8 Å². The van der Waals surface area contributed by atoms with Crippen LogP contribution in [0, 0.1) is 0 Å². The monoisotopic (exact) mass is 301 g/mol. The molecule has 20 heavy (non-hydrogen) atoms. The van der Waals surface area contributed by atoms with E-state index in [1.165, 1.54) is 12.6 Å². The minimum Gasteiger partial charge on any atom is -0.481 e. The zero-order valence-corrected chi connectivity index (χ0v) is 13.1. The molecule has 0 aliphatic rings. The van der Waals surface area contributed by atoms with E-state index in [9.17, 15) is 8.42 Å². The molecular weight excluding hydrogens is 278 g/mol. The highest BCUT2D eigenvalue weighted by Gasteiger charge is 2.14. The zero-order valence-electron chi connectivity index (χ0n) is 12.3. The molecule has 1 rings (SSSR count). The molecule has 0 aliphatic carbocycles. The van der Waals surface area contributed by atoms with Gasteiger partial charge in [-0.2, -0.15) is 0 Å². The summed E-state index contributed by atoms with van der Waals surface area (Å²) in [4.78, 5) is 8.24. The molecule has 0 amide bonds. The fourth-order valence-corrected chi connectivity index (χ4v) is 2.57. The maximum absolute atomic E-state index is 11.2. The van der Waals surface area contributed by atoms with Gasteiger partial charge in [-0.15, -0.1) is 0 Å². The van der Waals surface area contributed by atoms with E-state index in [1.807, 2.05) is 0 Å². The Morgan fingerprint density at radius 2 is 2.15 bits per heavy atom. The van der Waals surface area contributed by atoms with Crippen molar-refractivity contribution in [2.75, 3.05) is 25.7 Å². The van der Waals surface area contributed by atoms with Crippen LogP contribution in [0.4, 0.5) is 0 Å². The van der Waals surface area contributed by atoms with E-state index in [1.54, 1.807) is 13.2 Å². The van der Waals surface area contributed by atoms with Crippen LogP contribution in [-0.4, -0.2) is 44.0 Å². The molecule has 0 saturated carbocycles. The number of sulfone groups is 1. The van der Waals surface area contributed by atoms with Crippen LogP contribution in [-0.2, 0) is 9.84 Å². The summed E-state index contributed by atoms with van der Waals surface area (Å²) in [5.74, 6) is 0.709. The van der Waals surface area contributed by atoms with Crippen LogP contribution in [0.1, 0.15) is 37.9 Å². The van der Waals surface area contributed by atoms with Gasteiger partial charge in [-0.05, 0) is 25.8 Å². The standard InChI is InChI=1S/C13H23N3O3S/c1-4-7-14-11(6-5-8-20(3,17)18)12-9-13(19-2)16-10-15-12/h9-11,14H,4-8H2,1-3H3. The van der Waals surface area contributed by atoms with Crippen molar-refractivity contribution in [1.82, 2.24) is 15.3 Å². The van der Waals surface area contributed by atoms with Gasteiger partial charge in [0.15, 0.2) is 0 Å². The van der Waals surface area contributed by atoms with Gasteiger partial charge in [-0.1, -0.05) is 6.92 Å². The number of aromatic nitrogens is 2.